The van der Waals surface area contributed by atoms with Gasteiger partial charge in [-0.15, -0.1) is 4.09 Å². The lowest BCUT2D eigenvalue weighted by atomic mass is 10.2. The third-order valence-electron chi connectivity index (χ3n) is 4.63. The van der Waals surface area contributed by atoms with Crippen LogP contribution in [0.15, 0.2) is 92.2 Å². The van der Waals surface area contributed by atoms with E-state index in [1.54, 1.807) is 30.3 Å². The van der Waals surface area contributed by atoms with Gasteiger partial charge in [0.1, 0.15) is 10.6 Å². The number of sulfone groups is 1. The Hall–Kier alpha value is -3.17. The molecule has 0 radical (unpaired) electrons. The molecule has 0 amide bonds. The Morgan fingerprint density at radius 3 is 1.90 bits per heavy atom. The number of hydrogen-bond donors (Lipinski definition) is 0. The van der Waals surface area contributed by atoms with Gasteiger partial charge >= 0.3 is 0 Å². The first-order valence-electron chi connectivity index (χ1n) is 8.97. The second kappa shape index (κ2) is 7.26. The van der Waals surface area contributed by atoms with Crippen molar-refractivity contribution in [3.8, 4) is 11.5 Å². The summed E-state index contributed by atoms with van der Waals surface area (Å²) in [4.78, 5) is -0.228. The Labute approximate surface area is 174 Å². The minimum absolute atomic E-state index is 0.0108. The average Bonchev–Trinajstić information content (AvgIpc) is 3.38. The minimum atomic E-state index is -4.16. The zero-order chi connectivity index (χ0) is 21.5. The van der Waals surface area contributed by atoms with Crippen molar-refractivity contribution in [1.82, 2.24) is 9.19 Å². The van der Waals surface area contributed by atoms with E-state index in [1.807, 2.05) is 13.8 Å². The van der Waals surface area contributed by atoms with Crippen molar-refractivity contribution >= 4 is 19.9 Å². The molecule has 0 bridgehead atoms. The molecule has 0 N–H and O–H groups in total. The Balaban J connectivity index is 1.96. The number of furan rings is 1. The molecule has 9 heteroatoms. The lowest BCUT2D eigenvalue weighted by Gasteiger charge is -2.10. The highest BCUT2D eigenvalue weighted by molar-refractivity contribution is 7.92. The van der Waals surface area contributed by atoms with Crippen LogP contribution in [0.3, 0.4) is 0 Å². The van der Waals surface area contributed by atoms with E-state index in [0.29, 0.717) is 4.09 Å². The summed E-state index contributed by atoms with van der Waals surface area (Å²) >= 11 is 0. The third-order valence-corrected chi connectivity index (χ3v) is 8.00. The van der Waals surface area contributed by atoms with Gasteiger partial charge in [-0.25, -0.2) is 8.42 Å². The fraction of sp³-hybridized carbons (Fsp3) is 0.0952. The van der Waals surface area contributed by atoms with E-state index >= 15 is 0 Å². The van der Waals surface area contributed by atoms with Crippen molar-refractivity contribution in [2.45, 2.75) is 28.5 Å². The van der Waals surface area contributed by atoms with Crippen molar-refractivity contribution in [2.75, 3.05) is 0 Å². The van der Waals surface area contributed by atoms with E-state index in [0.717, 1.165) is 17.3 Å². The monoisotopic (exact) mass is 442 g/mol. The highest BCUT2D eigenvalue weighted by Gasteiger charge is 2.32. The number of hydrogen-bond acceptors (Lipinski definition) is 6. The van der Waals surface area contributed by atoms with Crippen molar-refractivity contribution in [3.05, 3.63) is 84.3 Å². The number of benzene rings is 2. The second-order valence-corrected chi connectivity index (χ2v) is 10.5. The number of aryl methyl sites for hydroxylation is 2. The van der Waals surface area contributed by atoms with E-state index in [2.05, 4.69) is 5.10 Å². The predicted molar refractivity (Wildman–Crippen MR) is 110 cm³/mol. The highest BCUT2D eigenvalue weighted by atomic mass is 32.2. The molecule has 0 unspecified atom stereocenters. The molecule has 154 valence electrons. The summed E-state index contributed by atoms with van der Waals surface area (Å²) in [6.45, 7) is 3.68. The molecule has 0 aliphatic heterocycles. The van der Waals surface area contributed by atoms with Crippen LogP contribution in [0.25, 0.3) is 11.5 Å². The summed E-state index contributed by atoms with van der Waals surface area (Å²) < 4.78 is 59.2. The summed E-state index contributed by atoms with van der Waals surface area (Å²) in [5.74, 6) is 0.0777. The first-order chi connectivity index (χ1) is 14.2. The fourth-order valence-corrected chi connectivity index (χ4v) is 5.69. The molecule has 30 heavy (non-hydrogen) atoms. The summed E-state index contributed by atoms with van der Waals surface area (Å²) in [5.41, 5.74) is 1.64. The largest absolute Gasteiger partial charge is 0.463 e. The van der Waals surface area contributed by atoms with Gasteiger partial charge in [0.05, 0.1) is 22.3 Å². The average molecular weight is 443 g/mol. The predicted octanol–water partition coefficient (Wildman–Crippen LogP) is 3.83. The lowest BCUT2D eigenvalue weighted by Crippen LogP contribution is -2.16. The molecule has 0 saturated heterocycles. The van der Waals surface area contributed by atoms with Crippen LogP contribution in [0.2, 0.25) is 0 Å². The molecule has 2 heterocycles. The van der Waals surface area contributed by atoms with Crippen LogP contribution >= 0.6 is 0 Å². The molecular weight excluding hydrogens is 424 g/mol. The van der Waals surface area contributed by atoms with Gasteiger partial charge in [0, 0.05) is 0 Å². The summed E-state index contributed by atoms with van der Waals surface area (Å²) in [6.07, 6.45) is 2.38. The third kappa shape index (κ3) is 3.35. The maximum atomic E-state index is 13.3. The Morgan fingerprint density at radius 2 is 1.37 bits per heavy atom. The lowest BCUT2D eigenvalue weighted by molar-refractivity contribution is 0.564. The topological polar surface area (TPSA) is 99.2 Å². The van der Waals surface area contributed by atoms with Crippen LogP contribution < -0.4 is 0 Å². The van der Waals surface area contributed by atoms with E-state index in [1.165, 1.54) is 36.6 Å². The van der Waals surface area contributed by atoms with Gasteiger partial charge in [-0.2, -0.15) is 13.5 Å². The van der Waals surface area contributed by atoms with Crippen LogP contribution in [0.5, 0.6) is 0 Å². The Kier molecular flexibility index (Phi) is 4.87. The summed E-state index contributed by atoms with van der Waals surface area (Å²) in [5, 5.41) is 3.94. The van der Waals surface area contributed by atoms with Gasteiger partial charge in [-0.05, 0) is 50.2 Å². The van der Waals surface area contributed by atoms with E-state index in [-0.39, 0.29) is 26.1 Å². The Morgan fingerprint density at radius 1 is 0.800 bits per heavy atom. The molecule has 0 spiro atoms. The molecule has 2 aromatic carbocycles. The van der Waals surface area contributed by atoms with Gasteiger partial charge in [0.25, 0.3) is 10.0 Å². The van der Waals surface area contributed by atoms with Crippen molar-refractivity contribution in [3.63, 3.8) is 0 Å². The van der Waals surface area contributed by atoms with Crippen molar-refractivity contribution in [2.24, 2.45) is 0 Å². The van der Waals surface area contributed by atoms with Crippen LogP contribution in [0.1, 0.15) is 11.1 Å². The zero-order valence-corrected chi connectivity index (χ0v) is 17.8. The second-order valence-electron chi connectivity index (χ2n) is 6.81. The first-order valence-corrected chi connectivity index (χ1v) is 11.9. The van der Waals surface area contributed by atoms with Gasteiger partial charge in [-0.1, -0.05) is 35.4 Å². The highest BCUT2D eigenvalue weighted by Crippen LogP contribution is 2.34. The molecule has 4 rings (SSSR count). The van der Waals surface area contributed by atoms with Crippen LogP contribution in [0.4, 0.5) is 0 Å². The molecule has 0 saturated carbocycles. The van der Waals surface area contributed by atoms with Crippen LogP contribution in [0, 0.1) is 13.8 Å². The quantitative estimate of drug-likeness (QED) is 0.466. The summed E-state index contributed by atoms with van der Waals surface area (Å²) in [6, 6.07) is 15.6. The van der Waals surface area contributed by atoms with Gasteiger partial charge in [0.2, 0.25) is 9.84 Å². The Bertz CT molecular complexity index is 1310. The molecule has 0 atom stereocenters. The normalized spacial score (nSPS) is 12.2. The molecule has 4 aromatic rings. The van der Waals surface area contributed by atoms with Gasteiger partial charge in [0.15, 0.2) is 5.76 Å². The van der Waals surface area contributed by atoms with Crippen LogP contribution in [-0.4, -0.2) is 26.0 Å². The molecule has 0 aliphatic rings. The maximum absolute atomic E-state index is 13.3. The molecule has 0 aliphatic carbocycles. The van der Waals surface area contributed by atoms with Crippen LogP contribution in [-0.2, 0) is 19.9 Å². The molecule has 2 aromatic heterocycles. The SMILES string of the molecule is Cc1ccc(S(=O)(=O)c2cnn(S(=O)(=O)c3ccc(C)cc3)c2-c2ccco2)cc1. The van der Waals surface area contributed by atoms with Gasteiger partial charge < -0.3 is 4.42 Å². The van der Waals surface area contributed by atoms with Gasteiger partial charge in [-0.3, -0.25) is 0 Å². The summed E-state index contributed by atoms with van der Waals surface area (Å²) in [7, 11) is -8.21. The molecular formula is C21H18N2O5S2. The van der Waals surface area contributed by atoms with E-state index in [9.17, 15) is 16.8 Å². The smallest absolute Gasteiger partial charge is 0.283 e. The first kappa shape index (κ1) is 20.1. The molecule has 7 nitrogen and oxygen atoms in total. The molecule has 0 fully saturated rings. The fourth-order valence-electron chi connectivity index (χ4n) is 2.98. The minimum Gasteiger partial charge on any atom is -0.463 e. The van der Waals surface area contributed by atoms with Crippen molar-refractivity contribution in [1.29, 1.82) is 0 Å². The van der Waals surface area contributed by atoms with E-state index in [4.69, 9.17) is 4.42 Å². The van der Waals surface area contributed by atoms with Crippen molar-refractivity contribution < 1.29 is 21.3 Å². The van der Waals surface area contributed by atoms with E-state index < -0.39 is 19.9 Å². The number of aromatic nitrogens is 2. The number of rotatable bonds is 5. The maximum Gasteiger partial charge on any atom is 0.283 e. The number of nitrogens with zero attached hydrogens (tertiary/aromatic N) is 2. The zero-order valence-electron chi connectivity index (χ0n) is 16.2. The standard InChI is InChI=1S/C21H18N2O5S2/c1-15-5-9-17(10-6-15)29(24,25)20-14-22-23(21(20)19-4-3-13-28-19)30(26,27)18-11-7-16(2)8-12-18/h3-14H,1-2H3.